The molecule has 0 radical (unpaired) electrons. The second kappa shape index (κ2) is 11.2. The minimum Gasteiger partial charge on any atom is -0.491 e. The van der Waals surface area contributed by atoms with E-state index in [1.165, 1.54) is 0 Å². The Kier molecular flexibility index (Phi) is 8.16. The molecular formula is C26H27N3O3S. The largest absolute Gasteiger partial charge is 0.491 e. The maximum absolute atomic E-state index is 12.5. The third-order valence-electron chi connectivity index (χ3n) is 4.92. The minimum absolute atomic E-state index is 0.0654. The number of carbonyl (C=O) groups excluding carboxylic acids is 2. The molecule has 1 atom stereocenters. The summed E-state index contributed by atoms with van der Waals surface area (Å²) in [6.45, 7) is 5.96. The van der Waals surface area contributed by atoms with Crippen LogP contribution in [0.15, 0.2) is 72.8 Å². The molecule has 3 N–H and O–H groups in total. The van der Waals surface area contributed by atoms with Gasteiger partial charge in [0.1, 0.15) is 5.75 Å². The van der Waals surface area contributed by atoms with Gasteiger partial charge in [0.2, 0.25) is 0 Å². The molecule has 0 spiro atoms. The van der Waals surface area contributed by atoms with E-state index in [9.17, 15) is 9.59 Å². The van der Waals surface area contributed by atoms with Crippen molar-refractivity contribution < 1.29 is 14.3 Å². The van der Waals surface area contributed by atoms with Crippen molar-refractivity contribution in [2.24, 2.45) is 0 Å². The molecule has 1 unspecified atom stereocenters. The second-order valence-electron chi connectivity index (χ2n) is 7.67. The van der Waals surface area contributed by atoms with Crippen molar-refractivity contribution in [3.8, 4) is 5.75 Å². The summed E-state index contributed by atoms with van der Waals surface area (Å²) in [6.07, 6.45) is 0.939. The number of amides is 2. The number of hydrogen-bond donors (Lipinski definition) is 3. The van der Waals surface area contributed by atoms with E-state index < -0.39 is 0 Å². The lowest BCUT2D eigenvalue weighted by Crippen LogP contribution is -2.34. The number of thiocarbonyl (C=S) groups is 1. The van der Waals surface area contributed by atoms with Crippen LogP contribution in [0.3, 0.4) is 0 Å². The molecule has 0 saturated heterocycles. The van der Waals surface area contributed by atoms with Crippen LogP contribution in [0.1, 0.15) is 46.5 Å². The standard InChI is InChI=1S/C26H27N3O3S/c1-4-18(3)32-23-10-6-9-20(16-23)25(31)29-26(33)28-22-13-11-21(12-14-22)27-24(30)19-8-5-7-17(2)15-19/h5-16,18H,4H2,1-3H3,(H,27,30)(H2,28,29,31,33). The van der Waals surface area contributed by atoms with Gasteiger partial charge < -0.3 is 15.4 Å². The summed E-state index contributed by atoms with van der Waals surface area (Å²) in [7, 11) is 0. The highest BCUT2D eigenvalue weighted by atomic mass is 32.1. The van der Waals surface area contributed by atoms with Crippen LogP contribution in [0.25, 0.3) is 0 Å². The average Bonchev–Trinajstić information content (AvgIpc) is 2.80. The van der Waals surface area contributed by atoms with Gasteiger partial charge in [-0.25, -0.2) is 0 Å². The molecule has 3 aromatic carbocycles. The van der Waals surface area contributed by atoms with Crippen LogP contribution in [-0.4, -0.2) is 23.0 Å². The van der Waals surface area contributed by atoms with E-state index in [1.807, 2.05) is 45.0 Å². The number of aryl methyl sites for hydroxylation is 1. The Morgan fingerprint density at radius 1 is 0.879 bits per heavy atom. The summed E-state index contributed by atoms with van der Waals surface area (Å²) in [4.78, 5) is 24.9. The van der Waals surface area contributed by atoms with Crippen molar-refractivity contribution in [1.82, 2.24) is 5.32 Å². The van der Waals surface area contributed by atoms with E-state index in [4.69, 9.17) is 17.0 Å². The van der Waals surface area contributed by atoms with E-state index >= 15 is 0 Å². The van der Waals surface area contributed by atoms with Crippen LogP contribution in [0, 0.1) is 6.92 Å². The molecule has 0 heterocycles. The van der Waals surface area contributed by atoms with Crippen molar-refractivity contribution in [1.29, 1.82) is 0 Å². The van der Waals surface area contributed by atoms with Crippen molar-refractivity contribution in [3.05, 3.63) is 89.5 Å². The molecule has 3 aromatic rings. The zero-order chi connectivity index (χ0) is 23.8. The smallest absolute Gasteiger partial charge is 0.257 e. The fraction of sp³-hybridized carbons (Fsp3) is 0.192. The molecule has 33 heavy (non-hydrogen) atoms. The average molecular weight is 462 g/mol. The van der Waals surface area contributed by atoms with E-state index in [1.54, 1.807) is 48.5 Å². The van der Waals surface area contributed by atoms with Gasteiger partial charge in [-0.05, 0) is 87.1 Å². The molecule has 2 amide bonds. The summed E-state index contributed by atoms with van der Waals surface area (Å²) in [5, 5.41) is 8.68. The first-order valence-corrected chi connectivity index (χ1v) is 11.1. The normalized spacial score (nSPS) is 11.2. The van der Waals surface area contributed by atoms with Crippen molar-refractivity contribution in [2.45, 2.75) is 33.3 Å². The van der Waals surface area contributed by atoms with E-state index in [-0.39, 0.29) is 23.0 Å². The van der Waals surface area contributed by atoms with Gasteiger partial charge in [-0.2, -0.15) is 0 Å². The zero-order valence-corrected chi connectivity index (χ0v) is 19.7. The van der Waals surface area contributed by atoms with Crippen LogP contribution in [-0.2, 0) is 0 Å². The fourth-order valence-electron chi connectivity index (χ4n) is 2.99. The fourth-order valence-corrected chi connectivity index (χ4v) is 3.20. The molecule has 0 saturated carbocycles. The molecule has 6 nitrogen and oxygen atoms in total. The molecule has 7 heteroatoms. The molecule has 3 rings (SSSR count). The predicted molar refractivity (Wildman–Crippen MR) is 136 cm³/mol. The summed E-state index contributed by atoms with van der Waals surface area (Å²) in [6, 6.07) is 21.4. The molecule has 0 fully saturated rings. The molecule has 0 aromatic heterocycles. The Morgan fingerprint density at radius 2 is 1.48 bits per heavy atom. The number of benzene rings is 3. The Balaban J connectivity index is 1.55. The van der Waals surface area contributed by atoms with Crippen LogP contribution < -0.4 is 20.7 Å². The van der Waals surface area contributed by atoms with Gasteiger partial charge in [-0.15, -0.1) is 0 Å². The summed E-state index contributed by atoms with van der Waals surface area (Å²) < 4.78 is 5.77. The van der Waals surface area contributed by atoms with Gasteiger partial charge in [0.05, 0.1) is 6.10 Å². The van der Waals surface area contributed by atoms with E-state index in [0.717, 1.165) is 12.0 Å². The highest BCUT2D eigenvalue weighted by Crippen LogP contribution is 2.17. The molecule has 170 valence electrons. The van der Waals surface area contributed by atoms with Crippen LogP contribution in [0.5, 0.6) is 5.75 Å². The Morgan fingerprint density at radius 3 is 2.12 bits per heavy atom. The first-order valence-electron chi connectivity index (χ1n) is 10.7. The maximum atomic E-state index is 12.5. The Bertz CT molecular complexity index is 1150. The minimum atomic E-state index is -0.330. The monoisotopic (exact) mass is 461 g/mol. The lowest BCUT2D eigenvalue weighted by Gasteiger charge is -2.14. The van der Waals surface area contributed by atoms with Crippen molar-refractivity contribution in [2.75, 3.05) is 10.6 Å². The number of ether oxygens (including phenoxy) is 1. The van der Waals surface area contributed by atoms with Crippen molar-refractivity contribution in [3.63, 3.8) is 0 Å². The third-order valence-corrected chi connectivity index (χ3v) is 5.12. The first kappa shape index (κ1) is 23.9. The van der Waals surface area contributed by atoms with Crippen LogP contribution in [0.2, 0.25) is 0 Å². The zero-order valence-electron chi connectivity index (χ0n) is 18.8. The first-order chi connectivity index (χ1) is 15.8. The molecule has 0 aliphatic carbocycles. The molecule has 0 bridgehead atoms. The van der Waals surface area contributed by atoms with Gasteiger partial charge in [0, 0.05) is 22.5 Å². The van der Waals surface area contributed by atoms with Gasteiger partial charge in [-0.1, -0.05) is 30.7 Å². The summed E-state index contributed by atoms with van der Waals surface area (Å²) >= 11 is 5.27. The predicted octanol–water partition coefficient (Wildman–Crippen LogP) is 5.55. The van der Waals surface area contributed by atoms with Crippen LogP contribution in [0.4, 0.5) is 11.4 Å². The lowest BCUT2D eigenvalue weighted by molar-refractivity contribution is 0.0975. The number of carbonyl (C=O) groups is 2. The topological polar surface area (TPSA) is 79.5 Å². The number of nitrogens with one attached hydrogen (secondary N) is 3. The quantitative estimate of drug-likeness (QED) is 0.402. The number of rotatable bonds is 7. The molecular weight excluding hydrogens is 434 g/mol. The Hall–Kier alpha value is -3.71. The third kappa shape index (κ3) is 7.15. The molecule has 0 aliphatic rings. The van der Waals surface area contributed by atoms with Crippen LogP contribution >= 0.6 is 12.2 Å². The summed E-state index contributed by atoms with van der Waals surface area (Å²) in [5.41, 5.74) is 3.41. The van der Waals surface area contributed by atoms with Gasteiger partial charge in [-0.3, -0.25) is 14.9 Å². The number of anilines is 2. The SMILES string of the molecule is CCC(C)Oc1cccc(C(=O)NC(=S)Nc2ccc(NC(=O)c3cccc(C)c3)cc2)c1. The van der Waals surface area contributed by atoms with E-state index in [0.29, 0.717) is 28.3 Å². The van der Waals surface area contributed by atoms with Gasteiger partial charge >= 0.3 is 0 Å². The highest BCUT2D eigenvalue weighted by Gasteiger charge is 2.11. The van der Waals surface area contributed by atoms with Crippen molar-refractivity contribution >= 4 is 40.5 Å². The second-order valence-corrected chi connectivity index (χ2v) is 8.08. The van der Waals surface area contributed by atoms with Gasteiger partial charge in [0.15, 0.2) is 5.11 Å². The van der Waals surface area contributed by atoms with Gasteiger partial charge in [0.25, 0.3) is 11.8 Å². The van der Waals surface area contributed by atoms with E-state index in [2.05, 4.69) is 16.0 Å². The molecule has 0 aliphatic heterocycles. The lowest BCUT2D eigenvalue weighted by atomic mass is 10.1. The Labute approximate surface area is 199 Å². The highest BCUT2D eigenvalue weighted by molar-refractivity contribution is 7.80. The maximum Gasteiger partial charge on any atom is 0.257 e. The summed E-state index contributed by atoms with van der Waals surface area (Å²) in [5.74, 6) is 0.130. The number of hydrogen-bond acceptors (Lipinski definition) is 4.